The van der Waals surface area contributed by atoms with Crippen LogP contribution in [0.4, 0.5) is 20.2 Å². The van der Waals surface area contributed by atoms with Crippen molar-refractivity contribution in [3.05, 3.63) is 51.8 Å². The Morgan fingerprint density at radius 2 is 2.00 bits per heavy atom. The van der Waals surface area contributed by atoms with Crippen LogP contribution < -0.4 is 11.1 Å². The number of benzene rings is 1. The number of carbonyl (C=O) groups is 1. The van der Waals surface area contributed by atoms with E-state index in [1.165, 1.54) is 0 Å². The number of hydrogen-bond donors (Lipinski definition) is 2. The number of pyridine rings is 1. The molecule has 0 saturated carbocycles. The summed E-state index contributed by atoms with van der Waals surface area (Å²) in [7, 11) is 0. The quantitative estimate of drug-likeness (QED) is 0.650. The first kappa shape index (κ1) is 14.4. The molecule has 0 fully saturated rings. The van der Waals surface area contributed by atoms with E-state index < -0.39 is 23.1 Å². The van der Waals surface area contributed by atoms with E-state index in [4.69, 9.17) is 5.73 Å². The predicted octanol–water partition coefficient (Wildman–Crippen LogP) is 3.27. The minimum atomic E-state index is -1.08. The van der Waals surface area contributed by atoms with E-state index in [-0.39, 0.29) is 5.69 Å². The van der Waals surface area contributed by atoms with Crippen LogP contribution in [0.5, 0.6) is 0 Å². The first-order valence-corrected chi connectivity index (χ1v) is 6.37. The number of anilines is 2. The number of aryl methyl sites for hydroxylation is 1. The zero-order valence-electron chi connectivity index (χ0n) is 10.4. The summed E-state index contributed by atoms with van der Waals surface area (Å²) in [6.07, 6.45) is 0. The molecule has 0 aliphatic rings. The molecule has 0 atom stereocenters. The van der Waals surface area contributed by atoms with E-state index in [1.807, 2.05) is 0 Å². The second-order valence-electron chi connectivity index (χ2n) is 4.05. The first-order valence-electron chi connectivity index (χ1n) is 5.58. The molecule has 2 rings (SSSR count). The molecule has 7 heteroatoms. The number of nitrogens with zero attached hydrogens (tertiary/aromatic N) is 1. The summed E-state index contributed by atoms with van der Waals surface area (Å²) in [6.45, 7) is 1.66. The molecule has 0 spiro atoms. The lowest BCUT2D eigenvalue weighted by Gasteiger charge is -2.10. The van der Waals surface area contributed by atoms with Gasteiger partial charge in [-0.15, -0.1) is 0 Å². The molecule has 1 aromatic carbocycles. The average molecular weight is 342 g/mol. The van der Waals surface area contributed by atoms with Crippen LogP contribution in [0.3, 0.4) is 0 Å². The van der Waals surface area contributed by atoms with Gasteiger partial charge in [0.25, 0.3) is 5.91 Å². The molecule has 3 N–H and O–H groups in total. The second kappa shape index (κ2) is 5.54. The summed E-state index contributed by atoms with van der Waals surface area (Å²) < 4.78 is 27.9. The highest BCUT2D eigenvalue weighted by molar-refractivity contribution is 9.10. The van der Waals surface area contributed by atoms with Crippen LogP contribution in [0.15, 0.2) is 28.9 Å². The minimum absolute atomic E-state index is 0.290. The van der Waals surface area contributed by atoms with E-state index in [9.17, 15) is 13.6 Å². The Morgan fingerprint density at radius 3 is 2.65 bits per heavy atom. The highest BCUT2D eigenvalue weighted by atomic mass is 79.9. The third-order valence-electron chi connectivity index (χ3n) is 2.65. The van der Waals surface area contributed by atoms with Gasteiger partial charge in [0.2, 0.25) is 0 Å². The van der Waals surface area contributed by atoms with Gasteiger partial charge in [0.05, 0.1) is 17.1 Å². The van der Waals surface area contributed by atoms with Crippen molar-refractivity contribution in [2.75, 3.05) is 11.1 Å². The molecule has 2 aromatic rings. The Kier molecular flexibility index (Phi) is 3.99. The first-order chi connectivity index (χ1) is 9.40. The van der Waals surface area contributed by atoms with E-state index in [0.29, 0.717) is 16.0 Å². The molecule has 1 aromatic heterocycles. The lowest BCUT2D eigenvalue weighted by molar-refractivity contribution is 0.101. The lowest BCUT2D eigenvalue weighted by atomic mass is 10.1. The fourth-order valence-corrected chi connectivity index (χ4v) is 2.02. The van der Waals surface area contributed by atoms with Crippen LogP contribution >= 0.6 is 15.9 Å². The van der Waals surface area contributed by atoms with Crippen LogP contribution in [-0.4, -0.2) is 10.9 Å². The molecular formula is C13H10BrF2N3O. The van der Waals surface area contributed by atoms with Gasteiger partial charge in [0.1, 0.15) is 16.0 Å². The monoisotopic (exact) mass is 341 g/mol. The van der Waals surface area contributed by atoms with Crippen molar-refractivity contribution < 1.29 is 13.6 Å². The van der Waals surface area contributed by atoms with E-state index in [1.54, 1.807) is 19.1 Å². The number of aromatic nitrogens is 1. The molecular weight excluding hydrogens is 332 g/mol. The van der Waals surface area contributed by atoms with Gasteiger partial charge in [0, 0.05) is 0 Å². The zero-order chi connectivity index (χ0) is 14.9. The number of carbonyl (C=O) groups excluding carboxylic acids is 1. The smallest absolute Gasteiger partial charge is 0.261 e. The standard InChI is InChI=1S/C13H10BrF2N3O/c1-6-9(4-5-10(14)18-6)19-13(20)11-7(15)2-3-8(17)12(11)16/h2-5H,17H2,1H3,(H,19,20). The highest BCUT2D eigenvalue weighted by Gasteiger charge is 2.20. The van der Waals surface area contributed by atoms with Crippen LogP contribution in [0.25, 0.3) is 0 Å². The Bertz CT molecular complexity index is 692. The number of halogens is 3. The molecule has 0 aliphatic carbocycles. The third kappa shape index (κ3) is 2.77. The van der Waals surface area contributed by atoms with Gasteiger partial charge in [-0.25, -0.2) is 13.8 Å². The maximum Gasteiger partial charge on any atom is 0.261 e. The summed E-state index contributed by atoms with van der Waals surface area (Å²) in [5, 5.41) is 2.40. The van der Waals surface area contributed by atoms with Gasteiger partial charge in [-0.05, 0) is 47.1 Å². The molecule has 20 heavy (non-hydrogen) atoms. The zero-order valence-corrected chi connectivity index (χ0v) is 12.0. The largest absolute Gasteiger partial charge is 0.396 e. The fraction of sp³-hybridized carbons (Fsp3) is 0.0769. The summed E-state index contributed by atoms with van der Waals surface area (Å²) in [5.74, 6) is -2.97. The van der Waals surface area contributed by atoms with Crippen LogP contribution in [0.1, 0.15) is 16.1 Å². The molecule has 1 heterocycles. The van der Waals surface area contributed by atoms with Gasteiger partial charge < -0.3 is 11.1 Å². The van der Waals surface area contributed by atoms with Crippen molar-refractivity contribution in [3.63, 3.8) is 0 Å². The Labute approximate surface area is 122 Å². The SMILES string of the molecule is Cc1nc(Br)ccc1NC(=O)c1c(F)ccc(N)c1F. The molecule has 1 amide bonds. The van der Waals surface area contributed by atoms with E-state index in [0.717, 1.165) is 12.1 Å². The van der Waals surface area contributed by atoms with Gasteiger partial charge in [-0.3, -0.25) is 4.79 Å². The van der Waals surface area contributed by atoms with E-state index >= 15 is 0 Å². The van der Waals surface area contributed by atoms with Crippen molar-refractivity contribution >= 4 is 33.2 Å². The predicted molar refractivity (Wildman–Crippen MR) is 75.4 cm³/mol. The molecule has 0 saturated heterocycles. The minimum Gasteiger partial charge on any atom is -0.396 e. The van der Waals surface area contributed by atoms with Gasteiger partial charge >= 0.3 is 0 Å². The summed E-state index contributed by atoms with van der Waals surface area (Å²) in [4.78, 5) is 16.0. The topological polar surface area (TPSA) is 68.0 Å². The van der Waals surface area contributed by atoms with Crippen LogP contribution in [0, 0.1) is 18.6 Å². The maximum atomic E-state index is 13.7. The van der Waals surface area contributed by atoms with Crippen LogP contribution in [0.2, 0.25) is 0 Å². The van der Waals surface area contributed by atoms with Crippen molar-refractivity contribution in [2.24, 2.45) is 0 Å². The number of rotatable bonds is 2. The van der Waals surface area contributed by atoms with Crippen molar-refractivity contribution in [3.8, 4) is 0 Å². The fourth-order valence-electron chi connectivity index (χ4n) is 1.62. The molecule has 0 bridgehead atoms. The molecule has 104 valence electrons. The number of hydrogen-bond acceptors (Lipinski definition) is 3. The van der Waals surface area contributed by atoms with Crippen molar-refractivity contribution in [1.82, 2.24) is 4.98 Å². The second-order valence-corrected chi connectivity index (χ2v) is 4.86. The average Bonchev–Trinajstić information content (AvgIpc) is 2.38. The van der Waals surface area contributed by atoms with Crippen molar-refractivity contribution in [1.29, 1.82) is 0 Å². The van der Waals surface area contributed by atoms with Crippen molar-refractivity contribution in [2.45, 2.75) is 6.92 Å². The number of nitrogens with two attached hydrogens (primary N) is 1. The lowest BCUT2D eigenvalue weighted by Crippen LogP contribution is -2.17. The highest BCUT2D eigenvalue weighted by Crippen LogP contribution is 2.21. The summed E-state index contributed by atoms with van der Waals surface area (Å²) in [6, 6.07) is 5.19. The number of amides is 1. The maximum absolute atomic E-state index is 13.7. The Balaban J connectivity index is 2.36. The molecule has 0 aliphatic heterocycles. The summed E-state index contributed by atoms with van der Waals surface area (Å²) in [5.41, 5.74) is 5.20. The molecule has 0 radical (unpaired) electrons. The number of nitrogen functional groups attached to an aromatic ring is 1. The third-order valence-corrected chi connectivity index (χ3v) is 3.09. The number of nitrogens with one attached hydrogen (secondary N) is 1. The van der Waals surface area contributed by atoms with Gasteiger partial charge in [0.15, 0.2) is 5.82 Å². The Hall–Kier alpha value is -2.02. The Morgan fingerprint density at radius 1 is 1.30 bits per heavy atom. The van der Waals surface area contributed by atoms with Crippen LogP contribution in [-0.2, 0) is 0 Å². The van der Waals surface area contributed by atoms with Gasteiger partial charge in [-0.1, -0.05) is 0 Å². The molecule has 0 unspecified atom stereocenters. The molecule has 4 nitrogen and oxygen atoms in total. The normalized spacial score (nSPS) is 10.4. The van der Waals surface area contributed by atoms with Gasteiger partial charge in [-0.2, -0.15) is 0 Å². The van der Waals surface area contributed by atoms with E-state index in [2.05, 4.69) is 26.2 Å². The summed E-state index contributed by atoms with van der Waals surface area (Å²) >= 11 is 3.18.